The highest BCUT2D eigenvalue weighted by Crippen LogP contribution is 2.35. The van der Waals surface area contributed by atoms with Crippen molar-refractivity contribution in [2.75, 3.05) is 42.9 Å². The molecule has 2 fully saturated rings. The first-order chi connectivity index (χ1) is 14.7. The Kier molecular flexibility index (Phi) is 5.43. The predicted octanol–water partition coefficient (Wildman–Crippen LogP) is 4.26. The van der Waals surface area contributed by atoms with Gasteiger partial charge in [0.15, 0.2) is 5.82 Å². The van der Waals surface area contributed by atoms with Crippen LogP contribution in [0, 0.1) is 5.82 Å². The van der Waals surface area contributed by atoms with E-state index in [9.17, 15) is 4.39 Å². The van der Waals surface area contributed by atoms with Crippen molar-refractivity contribution in [3.8, 4) is 11.3 Å². The monoisotopic (exact) mass is 426 g/mol. The molecule has 0 bridgehead atoms. The lowest BCUT2D eigenvalue weighted by atomic mass is 10.1. The molecule has 1 aliphatic heterocycles. The Labute approximate surface area is 180 Å². The molecule has 3 aromatic rings. The van der Waals surface area contributed by atoms with Gasteiger partial charge < -0.3 is 10.2 Å². The van der Waals surface area contributed by atoms with E-state index in [1.54, 1.807) is 23.5 Å². The molecule has 5 rings (SSSR count). The fourth-order valence-electron chi connectivity index (χ4n) is 4.40. The lowest BCUT2D eigenvalue weighted by Gasteiger charge is -2.33. The molecule has 1 aromatic carbocycles. The molecule has 0 atom stereocenters. The van der Waals surface area contributed by atoms with Gasteiger partial charge in [-0.1, -0.05) is 42.4 Å². The van der Waals surface area contributed by atoms with Gasteiger partial charge in [0.05, 0.1) is 0 Å². The van der Waals surface area contributed by atoms with Crippen LogP contribution in [0.4, 0.5) is 15.3 Å². The molecule has 3 heterocycles. The minimum Gasteiger partial charge on any atom is -0.365 e. The van der Waals surface area contributed by atoms with Crippen molar-refractivity contribution in [1.29, 1.82) is 0 Å². The van der Waals surface area contributed by atoms with Crippen LogP contribution >= 0.6 is 11.3 Å². The summed E-state index contributed by atoms with van der Waals surface area (Å²) in [6.45, 7) is 8.69. The summed E-state index contributed by atoms with van der Waals surface area (Å²) in [5.41, 5.74) is 1.57. The van der Waals surface area contributed by atoms with Crippen LogP contribution in [0.15, 0.2) is 36.9 Å². The van der Waals surface area contributed by atoms with Gasteiger partial charge in [-0.05, 0) is 25.0 Å². The van der Waals surface area contributed by atoms with E-state index in [1.807, 2.05) is 16.7 Å². The molecular formula is C22H27FN6S. The molecule has 30 heavy (non-hydrogen) atoms. The molecule has 0 radical (unpaired) electrons. The molecule has 1 aliphatic carbocycles. The Bertz CT molecular complexity index is 1030. The van der Waals surface area contributed by atoms with Crippen molar-refractivity contribution >= 4 is 27.2 Å². The number of hydrogen-bond acceptors (Lipinski definition) is 6. The second-order valence-electron chi connectivity index (χ2n) is 8.10. The summed E-state index contributed by atoms with van der Waals surface area (Å²) in [4.78, 5) is 10.4. The van der Waals surface area contributed by atoms with Crippen LogP contribution in [-0.4, -0.2) is 58.3 Å². The fraction of sp³-hybridized carbons (Fsp3) is 0.455. The number of nitrogens with zero attached hydrogens (tertiary/aromatic N) is 5. The third-order valence-electron chi connectivity index (χ3n) is 6.02. The van der Waals surface area contributed by atoms with E-state index in [0.717, 1.165) is 72.7 Å². The van der Waals surface area contributed by atoms with Gasteiger partial charge in [-0.25, -0.2) is 9.37 Å². The van der Waals surface area contributed by atoms with Gasteiger partial charge >= 0.3 is 0 Å². The maximum Gasteiger partial charge on any atom is 0.216 e. The minimum atomic E-state index is -0.248. The molecule has 158 valence electrons. The molecular weight excluding hydrogens is 399 g/mol. The average Bonchev–Trinajstić information content (AvgIpc) is 3.47. The van der Waals surface area contributed by atoms with Crippen LogP contribution in [0.5, 0.6) is 0 Å². The van der Waals surface area contributed by atoms with Crippen molar-refractivity contribution in [1.82, 2.24) is 19.5 Å². The van der Waals surface area contributed by atoms with E-state index < -0.39 is 0 Å². The number of anilines is 2. The second kappa shape index (κ2) is 8.35. The van der Waals surface area contributed by atoms with E-state index in [0.29, 0.717) is 6.04 Å². The summed E-state index contributed by atoms with van der Waals surface area (Å²) in [6.07, 6.45) is 6.75. The van der Waals surface area contributed by atoms with Crippen LogP contribution in [-0.2, 0) is 0 Å². The molecule has 1 N–H and O–H groups in total. The average molecular weight is 427 g/mol. The van der Waals surface area contributed by atoms with Gasteiger partial charge in [0.25, 0.3) is 0 Å². The predicted molar refractivity (Wildman–Crippen MR) is 121 cm³/mol. The fourth-order valence-corrected chi connectivity index (χ4v) is 5.35. The van der Waals surface area contributed by atoms with Crippen LogP contribution in [0.3, 0.4) is 0 Å². The van der Waals surface area contributed by atoms with Gasteiger partial charge in [0, 0.05) is 44.3 Å². The first kappa shape index (κ1) is 19.5. The second-order valence-corrected chi connectivity index (χ2v) is 9.03. The van der Waals surface area contributed by atoms with Crippen LogP contribution < -0.4 is 10.2 Å². The van der Waals surface area contributed by atoms with E-state index >= 15 is 0 Å². The van der Waals surface area contributed by atoms with Crippen LogP contribution in [0.25, 0.3) is 16.2 Å². The molecule has 2 aromatic heterocycles. The smallest absolute Gasteiger partial charge is 0.216 e. The topological polar surface area (TPSA) is 48.7 Å². The number of benzene rings is 1. The zero-order chi connectivity index (χ0) is 20.5. The molecule has 0 spiro atoms. The highest BCUT2D eigenvalue weighted by Gasteiger charge is 2.25. The maximum atomic E-state index is 13.9. The third kappa shape index (κ3) is 3.81. The van der Waals surface area contributed by atoms with Crippen molar-refractivity contribution in [2.45, 2.75) is 31.7 Å². The first-order valence-electron chi connectivity index (χ1n) is 10.7. The number of rotatable bonds is 6. The number of fused-ring (bicyclic) bond motifs is 1. The number of hydrogen-bond donors (Lipinski definition) is 1. The maximum absolute atomic E-state index is 13.9. The van der Waals surface area contributed by atoms with Crippen LogP contribution in [0.1, 0.15) is 25.7 Å². The Morgan fingerprint density at radius 1 is 1.20 bits per heavy atom. The summed E-state index contributed by atoms with van der Waals surface area (Å²) in [6, 6.07) is 7.08. The lowest BCUT2D eigenvalue weighted by molar-refractivity contribution is 0.284. The zero-order valence-corrected chi connectivity index (χ0v) is 17.9. The summed E-state index contributed by atoms with van der Waals surface area (Å²) in [7, 11) is 0. The Hall–Kier alpha value is -2.45. The first-order valence-corrected chi connectivity index (χ1v) is 11.5. The van der Waals surface area contributed by atoms with Crippen molar-refractivity contribution in [2.24, 2.45) is 0 Å². The zero-order valence-electron chi connectivity index (χ0n) is 17.1. The van der Waals surface area contributed by atoms with Crippen molar-refractivity contribution < 1.29 is 4.39 Å². The number of piperazine rings is 1. The summed E-state index contributed by atoms with van der Waals surface area (Å²) in [5.74, 6) is 0.636. The minimum absolute atomic E-state index is 0.248. The van der Waals surface area contributed by atoms with E-state index in [2.05, 4.69) is 21.7 Å². The van der Waals surface area contributed by atoms with Crippen molar-refractivity contribution in [3.63, 3.8) is 0 Å². The SMILES string of the molecule is C=CCN1CCN(c2nn3c(NC4CCCC4)c(-c4cccc(F)c4)nc3s2)CC1. The highest BCUT2D eigenvalue weighted by atomic mass is 32.1. The Balaban J connectivity index is 1.47. The number of aromatic nitrogens is 3. The van der Waals surface area contributed by atoms with Gasteiger partial charge in [-0.15, -0.1) is 11.7 Å². The molecule has 0 amide bonds. The Morgan fingerprint density at radius 2 is 2.00 bits per heavy atom. The summed E-state index contributed by atoms with van der Waals surface area (Å²) < 4.78 is 15.8. The van der Waals surface area contributed by atoms with E-state index in [4.69, 9.17) is 10.1 Å². The number of halogens is 1. The summed E-state index contributed by atoms with van der Waals surface area (Å²) >= 11 is 1.60. The third-order valence-corrected chi connectivity index (χ3v) is 6.99. The molecule has 1 saturated heterocycles. The van der Waals surface area contributed by atoms with Gasteiger partial charge in [0.1, 0.15) is 11.5 Å². The standard InChI is InChI=1S/C22H27FN6S/c1-2-10-27-11-13-28(14-12-27)22-26-29-20(24-18-8-3-4-9-18)19(25-21(29)30-22)16-6-5-7-17(23)15-16/h2,5-7,15,18,24H,1,3-4,8-14H2. The van der Waals surface area contributed by atoms with Gasteiger partial charge in [-0.2, -0.15) is 4.52 Å². The molecule has 2 aliphatic rings. The highest BCUT2D eigenvalue weighted by molar-refractivity contribution is 7.20. The molecule has 8 heteroatoms. The van der Waals surface area contributed by atoms with E-state index in [1.165, 1.54) is 18.9 Å². The van der Waals surface area contributed by atoms with Gasteiger partial charge in [0.2, 0.25) is 10.1 Å². The normalized spacial score (nSPS) is 18.4. The number of nitrogens with one attached hydrogen (secondary N) is 1. The van der Waals surface area contributed by atoms with Gasteiger partial charge in [-0.3, -0.25) is 4.90 Å². The molecule has 6 nitrogen and oxygen atoms in total. The summed E-state index contributed by atoms with van der Waals surface area (Å²) in [5, 5.41) is 9.59. The number of imidazole rings is 1. The quantitative estimate of drug-likeness (QED) is 0.597. The van der Waals surface area contributed by atoms with Crippen LogP contribution in [0.2, 0.25) is 0 Å². The largest absolute Gasteiger partial charge is 0.365 e. The molecule has 0 unspecified atom stereocenters. The van der Waals surface area contributed by atoms with E-state index in [-0.39, 0.29) is 5.82 Å². The Morgan fingerprint density at radius 3 is 2.73 bits per heavy atom. The molecule has 1 saturated carbocycles. The van der Waals surface area contributed by atoms with Crippen molar-refractivity contribution in [3.05, 3.63) is 42.7 Å². The lowest BCUT2D eigenvalue weighted by Crippen LogP contribution is -2.46.